The average Bonchev–Trinajstić information content (AvgIpc) is 3.22. The van der Waals surface area contributed by atoms with Gasteiger partial charge in [-0.25, -0.2) is 0 Å². The van der Waals surface area contributed by atoms with Gasteiger partial charge in [-0.05, 0) is 44.9 Å². The van der Waals surface area contributed by atoms with Gasteiger partial charge < -0.3 is 14.9 Å². The molecule has 0 atom stereocenters. The highest BCUT2D eigenvalue weighted by atomic mass is 16.5. The number of carbonyl (C=O) groups excluding carboxylic acids is 1. The summed E-state index contributed by atoms with van der Waals surface area (Å²) in [6.45, 7) is 2.75. The first-order chi connectivity index (χ1) is 12.0. The van der Waals surface area contributed by atoms with Crippen molar-refractivity contribution in [2.75, 3.05) is 13.1 Å². The highest BCUT2D eigenvalue weighted by molar-refractivity contribution is 5.76. The number of amides is 1. The van der Waals surface area contributed by atoms with Crippen LogP contribution in [0.3, 0.4) is 0 Å². The number of aryl methyl sites for hydroxylation is 2. The third-order valence-corrected chi connectivity index (χ3v) is 4.89. The summed E-state index contributed by atoms with van der Waals surface area (Å²) in [5.74, 6) is 1.10. The number of hydrogen-bond donors (Lipinski definition) is 2. The maximum absolute atomic E-state index is 12.0. The number of aromatic nitrogens is 2. The summed E-state index contributed by atoms with van der Waals surface area (Å²) < 4.78 is 5.02. The molecule has 0 aromatic carbocycles. The lowest BCUT2D eigenvalue weighted by molar-refractivity contribution is -0.140. The van der Waals surface area contributed by atoms with Gasteiger partial charge in [0.2, 0.25) is 11.8 Å². The van der Waals surface area contributed by atoms with E-state index in [1.54, 1.807) is 6.92 Å². The number of nitrogens with one attached hydrogen (secondary N) is 1. The molecule has 0 saturated heterocycles. The maximum atomic E-state index is 12.0. The highest BCUT2D eigenvalue weighted by Crippen LogP contribution is 2.33. The minimum atomic E-state index is -0.774. The molecule has 8 heteroatoms. The molecule has 2 N–H and O–H groups in total. The normalized spacial score (nSPS) is 22.6. The van der Waals surface area contributed by atoms with Crippen LogP contribution in [0.1, 0.15) is 50.2 Å². The molecule has 1 heterocycles. The topological polar surface area (TPSA) is 109 Å². The van der Waals surface area contributed by atoms with Gasteiger partial charge in [0.15, 0.2) is 5.82 Å². The van der Waals surface area contributed by atoms with Gasteiger partial charge in [-0.2, -0.15) is 4.98 Å². The van der Waals surface area contributed by atoms with Crippen LogP contribution in [0.4, 0.5) is 0 Å². The van der Waals surface area contributed by atoms with Crippen LogP contribution in [-0.2, 0) is 16.0 Å². The standard InChI is InChI=1S/C17H26N4O4/c1-11-18-16(25-20-11)4-2-3-15(22)19-13-7-14(8-13)21(10-17(23)24)9-12-5-6-12/h12-14H,2-10H2,1H3,(H,19,22)(H,23,24). The lowest BCUT2D eigenvalue weighted by Gasteiger charge is -2.42. The molecule has 2 aliphatic carbocycles. The number of rotatable bonds is 10. The van der Waals surface area contributed by atoms with E-state index in [1.165, 1.54) is 12.8 Å². The second-order valence-corrected chi connectivity index (χ2v) is 7.25. The second kappa shape index (κ2) is 7.95. The third kappa shape index (κ3) is 5.52. The molecule has 2 aliphatic rings. The van der Waals surface area contributed by atoms with E-state index < -0.39 is 5.97 Å². The fraction of sp³-hybridized carbons (Fsp3) is 0.765. The molecule has 25 heavy (non-hydrogen) atoms. The summed E-state index contributed by atoms with van der Waals surface area (Å²) in [7, 11) is 0. The van der Waals surface area contributed by atoms with Crippen molar-refractivity contribution in [2.24, 2.45) is 5.92 Å². The van der Waals surface area contributed by atoms with Gasteiger partial charge in [0.05, 0.1) is 6.54 Å². The van der Waals surface area contributed by atoms with Crippen LogP contribution in [0, 0.1) is 12.8 Å². The van der Waals surface area contributed by atoms with Crippen molar-refractivity contribution in [3.05, 3.63) is 11.7 Å². The number of nitrogens with zero attached hydrogens (tertiary/aromatic N) is 3. The molecule has 3 rings (SSSR count). The fourth-order valence-electron chi connectivity index (χ4n) is 3.29. The largest absolute Gasteiger partial charge is 0.480 e. The smallest absolute Gasteiger partial charge is 0.317 e. The molecule has 1 aromatic rings. The third-order valence-electron chi connectivity index (χ3n) is 4.89. The van der Waals surface area contributed by atoms with Crippen molar-refractivity contribution in [2.45, 2.75) is 64.0 Å². The lowest BCUT2D eigenvalue weighted by atomic mass is 9.85. The summed E-state index contributed by atoms with van der Waals surface area (Å²) >= 11 is 0. The van der Waals surface area contributed by atoms with Crippen molar-refractivity contribution in [3.8, 4) is 0 Å². The van der Waals surface area contributed by atoms with E-state index in [9.17, 15) is 9.59 Å². The van der Waals surface area contributed by atoms with Crippen LogP contribution in [-0.4, -0.2) is 57.2 Å². The van der Waals surface area contributed by atoms with Crippen LogP contribution in [0.25, 0.3) is 0 Å². The predicted molar refractivity (Wildman–Crippen MR) is 88.9 cm³/mol. The quantitative estimate of drug-likeness (QED) is 0.651. The Kier molecular flexibility index (Phi) is 5.67. The molecule has 2 saturated carbocycles. The van der Waals surface area contributed by atoms with Crippen LogP contribution in [0.5, 0.6) is 0 Å². The van der Waals surface area contributed by atoms with E-state index in [0.29, 0.717) is 36.9 Å². The monoisotopic (exact) mass is 350 g/mol. The summed E-state index contributed by atoms with van der Waals surface area (Å²) in [5, 5.41) is 15.8. The number of hydrogen-bond acceptors (Lipinski definition) is 6. The van der Waals surface area contributed by atoms with Crippen LogP contribution >= 0.6 is 0 Å². The molecule has 2 fully saturated rings. The second-order valence-electron chi connectivity index (χ2n) is 7.25. The Labute approximate surface area is 147 Å². The van der Waals surface area contributed by atoms with E-state index in [0.717, 1.165) is 19.4 Å². The zero-order chi connectivity index (χ0) is 17.8. The summed E-state index contributed by atoms with van der Waals surface area (Å²) in [4.78, 5) is 29.2. The zero-order valence-electron chi connectivity index (χ0n) is 14.6. The van der Waals surface area contributed by atoms with Crippen molar-refractivity contribution in [1.29, 1.82) is 0 Å². The molecule has 0 aliphatic heterocycles. The van der Waals surface area contributed by atoms with Crippen molar-refractivity contribution >= 4 is 11.9 Å². The molecule has 1 amide bonds. The number of aliphatic carboxylic acids is 1. The Balaban J connectivity index is 1.32. The average molecular weight is 350 g/mol. The first kappa shape index (κ1) is 17.8. The molecule has 0 bridgehead atoms. The van der Waals surface area contributed by atoms with Crippen molar-refractivity contribution in [1.82, 2.24) is 20.4 Å². The van der Waals surface area contributed by atoms with Gasteiger partial charge in [-0.1, -0.05) is 5.16 Å². The van der Waals surface area contributed by atoms with Crippen LogP contribution in [0.2, 0.25) is 0 Å². The molecule has 0 unspecified atom stereocenters. The Bertz CT molecular complexity index is 608. The van der Waals surface area contributed by atoms with Gasteiger partial charge >= 0.3 is 5.97 Å². The SMILES string of the molecule is Cc1noc(CCCC(=O)NC2CC(N(CC(=O)O)CC3CC3)C2)n1. The zero-order valence-corrected chi connectivity index (χ0v) is 14.6. The predicted octanol–water partition coefficient (Wildman–Crippen LogP) is 1.14. The highest BCUT2D eigenvalue weighted by Gasteiger charge is 2.37. The Morgan fingerprint density at radius 2 is 2.12 bits per heavy atom. The number of carboxylic acids is 1. The minimum Gasteiger partial charge on any atom is -0.480 e. The molecule has 138 valence electrons. The summed E-state index contributed by atoms with van der Waals surface area (Å²) in [6, 6.07) is 0.446. The summed E-state index contributed by atoms with van der Waals surface area (Å²) in [6.07, 6.45) is 5.82. The summed E-state index contributed by atoms with van der Waals surface area (Å²) in [5.41, 5.74) is 0. The first-order valence-corrected chi connectivity index (χ1v) is 9.04. The fourth-order valence-corrected chi connectivity index (χ4v) is 3.29. The first-order valence-electron chi connectivity index (χ1n) is 9.04. The van der Waals surface area contributed by atoms with Gasteiger partial charge in [-0.15, -0.1) is 0 Å². The van der Waals surface area contributed by atoms with Gasteiger partial charge in [0.1, 0.15) is 0 Å². The minimum absolute atomic E-state index is 0.0339. The van der Waals surface area contributed by atoms with Crippen LogP contribution < -0.4 is 5.32 Å². The Morgan fingerprint density at radius 1 is 1.36 bits per heavy atom. The maximum Gasteiger partial charge on any atom is 0.317 e. The van der Waals surface area contributed by atoms with E-state index in [1.807, 2.05) is 0 Å². The Morgan fingerprint density at radius 3 is 2.72 bits per heavy atom. The lowest BCUT2D eigenvalue weighted by Crippen LogP contribution is -2.55. The van der Waals surface area contributed by atoms with E-state index >= 15 is 0 Å². The van der Waals surface area contributed by atoms with E-state index in [4.69, 9.17) is 9.63 Å². The molecule has 0 spiro atoms. The van der Waals surface area contributed by atoms with E-state index in [2.05, 4.69) is 20.4 Å². The molecular weight excluding hydrogens is 324 g/mol. The van der Waals surface area contributed by atoms with Gasteiger partial charge in [0.25, 0.3) is 0 Å². The molecule has 0 radical (unpaired) electrons. The van der Waals surface area contributed by atoms with Crippen molar-refractivity contribution < 1.29 is 19.2 Å². The molecule has 1 aromatic heterocycles. The van der Waals surface area contributed by atoms with E-state index in [-0.39, 0.29) is 24.5 Å². The van der Waals surface area contributed by atoms with Crippen LogP contribution in [0.15, 0.2) is 4.52 Å². The van der Waals surface area contributed by atoms with Gasteiger partial charge in [-0.3, -0.25) is 14.5 Å². The molecular formula is C17H26N4O4. The van der Waals surface area contributed by atoms with Gasteiger partial charge in [0, 0.05) is 31.5 Å². The number of carbonyl (C=O) groups is 2. The van der Waals surface area contributed by atoms with Crippen molar-refractivity contribution in [3.63, 3.8) is 0 Å². The number of carboxylic acid groups (broad SMARTS) is 1. The molecule has 8 nitrogen and oxygen atoms in total. The Hall–Kier alpha value is -1.96.